The van der Waals surface area contributed by atoms with Crippen molar-refractivity contribution in [1.82, 2.24) is 19.1 Å². The summed E-state index contributed by atoms with van der Waals surface area (Å²) in [6.45, 7) is 3.91. The summed E-state index contributed by atoms with van der Waals surface area (Å²) >= 11 is 5.79. The Morgan fingerprint density at radius 1 is 1.19 bits per heavy atom. The highest BCUT2D eigenvalue weighted by Gasteiger charge is 2.28. The maximum absolute atomic E-state index is 13.9. The first-order valence-electron chi connectivity index (χ1n) is 12.3. The van der Waals surface area contributed by atoms with Crippen LogP contribution in [0.2, 0.25) is 5.02 Å². The summed E-state index contributed by atoms with van der Waals surface area (Å²) in [7, 11) is -1.51. The van der Waals surface area contributed by atoms with Crippen molar-refractivity contribution in [3.8, 4) is 0 Å². The number of fused-ring (bicyclic) bond motifs is 1. The molecule has 36 heavy (non-hydrogen) atoms. The van der Waals surface area contributed by atoms with Gasteiger partial charge in [0, 0.05) is 49.2 Å². The molecule has 0 radical (unpaired) electrons. The molecule has 8 nitrogen and oxygen atoms in total. The molecule has 196 valence electrons. The summed E-state index contributed by atoms with van der Waals surface area (Å²) in [5, 5.41) is 3.19. The molecular formula is C25H33ClFN5O3S. The summed E-state index contributed by atoms with van der Waals surface area (Å²) in [6, 6.07) is 6.29. The summed E-state index contributed by atoms with van der Waals surface area (Å²) in [6.07, 6.45) is 6.87. The maximum Gasteiger partial charge on any atom is 0.254 e. The third-order valence-corrected chi connectivity index (χ3v) is 8.76. The molecule has 0 atom stereocenters. The molecule has 4 rings (SSSR count). The minimum absolute atomic E-state index is 0.0104. The predicted molar refractivity (Wildman–Crippen MR) is 140 cm³/mol. The zero-order chi connectivity index (χ0) is 25.9. The number of rotatable bonds is 8. The van der Waals surface area contributed by atoms with Crippen LogP contribution in [0, 0.1) is 5.82 Å². The smallest absolute Gasteiger partial charge is 0.254 e. The molecule has 1 aromatic carbocycles. The fourth-order valence-corrected chi connectivity index (χ4v) is 5.83. The SMILES string of the molecule is CN(C1CCN(CCCN2CCCc3c(ccnc3Nc3ccc(Cl)c(F)c3)C2=O)CC1)S(C)(=O)=O. The first-order valence-corrected chi connectivity index (χ1v) is 14.5. The molecule has 0 unspecified atom stereocenters. The van der Waals surface area contributed by atoms with Crippen LogP contribution in [0.1, 0.15) is 41.6 Å². The second-order valence-corrected chi connectivity index (χ2v) is 12.0. The molecule has 2 aliphatic heterocycles. The largest absolute Gasteiger partial charge is 0.340 e. The van der Waals surface area contributed by atoms with Crippen molar-refractivity contribution >= 4 is 39.0 Å². The van der Waals surface area contributed by atoms with Gasteiger partial charge in [0.05, 0.1) is 11.3 Å². The molecule has 0 spiro atoms. The van der Waals surface area contributed by atoms with Gasteiger partial charge in [-0.2, -0.15) is 0 Å². The fraction of sp³-hybridized carbons (Fsp3) is 0.520. The predicted octanol–water partition coefficient (Wildman–Crippen LogP) is 3.75. The lowest BCUT2D eigenvalue weighted by molar-refractivity contribution is 0.0749. The highest BCUT2D eigenvalue weighted by atomic mass is 35.5. The van der Waals surface area contributed by atoms with Crippen LogP contribution >= 0.6 is 11.6 Å². The maximum atomic E-state index is 13.9. The number of aromatic nitrogens is 1. The van der Waals surface area contributed by atoms with Gasteiger partial charge < -0.3 is 15.1 Å². The van der Waals surface area contributed by atoms with Crippen LogP contribution in [-0.2, 0) is 16.4 Å². The third-order valence-electron chi connectivity index (χ3n) is 7.11. The number of anilines is 2. The van der Waals surface area contributed by atoms with E-state index in [2.05, 4.69) is 15.2 Å². The van der Waals surface area contributed by atoms with Crippen molar-refractivity contribution in [2.24, 2.45) is 0 Å². The Morgan fingerprint density at radius 2 is 1.94 bits per heavy atom. The van der Waals surface area contributed by atoms with Crippen LogP contribution in [0.5, 0.6) is 0 Å². The zero-order valence-corrected chi connectivity index (χ0v) is 22.3. The molecule has 2 aromatic rings. The molecule has 1 N–H and O–H groups in total. The second-order valence-electron chi connectivity index (χ2n) is 9.54. The van der Waals surface area contributed by atoms with E-state index in [4.69, 9.17) is 11.6 Å². The number of hydrogen-bond donors (Lipinski definition) is 1. The number of nitrogens with zero attached hydrogens (tertiary/aromatic N) is 4. The van der Waals surface area contributed by atoms with Gasteiger partial charge in [0.15, 0.2) is 0 Å². The number of benzene rings is 1. The Hall–Kier alpha value is -2.27. The summed E-state index contributed by atoms with van der Waals surface area (Å²) < 4.78 is 38.9. The van der Waals surface area contributed by atoms with Gasteiger partial charge in [0.1, 0.15) is 11.6 Å². The van der Waals surface area contributed by atoms with Gasteiger partial charge in [0.2, 0.25) is 10.0 Å². The van der Waals surface area contributed by atoms with Gasteiger partial charge in [0.25, 0.3) is 5.91 Å². The van der Waals surface area contributed by atoms with Crippen molar-refractivity contribution in [2.75, 3.05) is 51.3 Å². The van der Waals surface area contributed by atoms with Gasteiger partial charge in [-0.25, -0.2) is 22.1 Å². The standard InChI is InChI=1S/C25H33ClFN5O3S/c1-30(36(2,34)35)19-9-15-31(16-10-19)12-4-14-32-13-3-5-20-21(25(32)33)8-11-28-24(20)29-18-6-7-22(26)23(27)17-18/h6-8,11,17,19H,3-5,9-10,12-16H2,1-2H3,(H,28,29). The normalized spacial score (nSPS) is 17.8. The Morgan fingerprint density at radius 3 is 2.64 bits per heavy atom. The number of pyridine rings is 1. The minimum atomic E-state index is -3.17. The highest BCUT2D eigenvalue weighted by Crippen LogP contribution is 2.28. The molecule has 1 saturated heterocycles. The molecule has 1 fully saturated rings. The van der Waals surface area contributed by atoms with Gasteiger partial charge in [-0.1, -0.05) is 11.6 Å². The van der Waals surface area contributed by atoms with Gasteiger partial charge in [-0.05, 0) is 76.0 Å². The van der Waals surface area contributed by atoms with E-state index in [1.807, 2.05) is 4.90 Å². The first kappa shape index (κ1) is 26.8. The van der Waals surface area contributed by atoms with Crippen LogP contribution in [0.4, 0.5) is 15.9 Å². The summed E-state index contributed by atoms with van der Waals surface area (Å²) in [5.74, 6) is 0.0349. The lowest BCUT2D eigenvalue weighted by atomic mass is 10.0. The van der Waals surface area contributed by atoms with E-state index < -0.39 is 15.8 Å². The van der Waals surface area contributed by atoms with E-state index in [1.54, 1.807) is 25.4 Å². The van der Waals surface area contributed by atoms with Crippen molar-refractivity contribution in [3.63, 3.8) is 0 Å². The lowest BCUT2D eigenvalue weighted by Gasteiger charge is -2.36. The Balaban J connectivity index is 1.33. The number of nitrogens with one attached hydrogen (secondary N) is 1. The van der Waals surface area contributed by atoms with Crippen molar-refractivity contribution in [1.29, 1.82) is 0 Å². The van der Waals surface area contributed by atoms with Crippen LogP contribution < -0.4 is 5.32 Å². The molecular weight excluding hydrogens is 505 g/mol. The number of likely N-dealkylation sites (tertiary alicyclic amines) is 1. The van der Waals surface area contributed by atoms with Crippen molar-refractivity contribution in [3.05, 3.63) is 52.4 Å². The number of carbonyl (C=O) groups is 1. The summed E-state index contributed by atoms with van der Waals surface area (Å²) in [4.78, 5) is 22.0. The molecule has 0 aliphatic carbocycles. The van der Waals surface area contributed by atoms with E-state index in [9.17, 15) is 17.6 Å². The quantitative estimate of drug-likeness (QED) is 0.552. The zero-order valence-electron chi connectivity index (χ0n) is 20.7. The van der Waals surface area contributed by atoms with Gasteiger partial charge in [-0.15, -0.1) is 0 Å². The average molecular weight is 538 g/mol. The molecule has 3 heterocycles. The average Bonchev–Trinajstić information content (AvgIpc) is 3.00. The Labute approximate surface area is 217 Å². The Bertz CT molecular complexity index is 1200. The second kappa shape index (κ2) is 11.4. The number of sulfonamides is 1. The number of amides is 1. The third kappa shape index (κ3) is 6.34. The molecule has 11 heteroatoms. The first-order chi connectivity index (χ1) is 17.1. The van der Waals surface area contributed by atoms with Crippen LogP contribution in [0.3, 0.4) is 0 Å². The number of hydrogen-bond acceptors (Lipinski definition) is 6. The number of piperidine rings is 1. The number of halogens is 2. The van der Waals surface area contributed by atoms with Crippen molar-refractivity contribution < 1.29 is 17.6 Å². The van der Waals surface area contributed by atoms with E-state index in [0.29, 0.717) is 36.6 Å². The minimum Gasteiger partial charge on any atom is -0.340 e. The van der Waals surface area contributed by atoms with E-state index in [-0.39, 0.29) is 17.0 Å². The van der Waals surface area contributed by atoms with Crippen LogP contribution in [-0.4, -0.2) is 85.5 Å². The summed E-state index contributed by atoms with van der Waals surface area (Å²) in [5.41, 5.74) is 2.00. The van der Waals surface area contributed by atoms with Crippen molar-refractivity contribution in [2.45, 2.75) is 38.1 Å². The molecule has 1 aromatic heterocycles. The van der Waals surface area contributed by atoms with Crippen LogP contribution in [0.15, 0.2) is 30.5 Å². The number of carbonyl (C=O) groups excluding carboxylic acids is 1. The topological polar surface area (TPSA) is 85.8 Å². The van der Waals surface area contributed by atoms with E-state index in [0.717, 1.165) is 50.9 Å². The van der Waals surface area contributed by atoms with E-state index in [1.165, 1.54) is 22.7 Å². The molecule has 0 bridgehead atoms. The monoisotopic (exact) mass is 537 g/mol. The van der Waals surface area contributed by atoms with E-state index >= 15 is 0 Å². The molecule has 0 saturated carbocycles. The lowest BCUT2D eigenvalue weighted by Crippen LogP contribution is -2.45. The van der Waals surface area contributed by atoms with Gasteiger partial charge >= 0.3 is 0 Å². The Kier molecular flexibility index (Phi) is 8.49. The highest BCUT2D eigenvalue weighted by molar-refractivity contribution is 7.88. The van der Waals surface area contributed by atoms with Gasteiger partial charge in [-0.3, -0.25) is 4.79 Å². The molecule has 1 amide bonds. The molecule has 2 aliphatic rings. The van der Waals surface area contributed by atoms with Crippen LogP contribution in [0.25, 0.3) is 0 Å². The fourth-order valence-electron chi connectivity index (χ4n) is 4.96.